The molecule has 0 bridgehead atoms. The summed E-state index contributed by atoms with van der Waals surface area (Å²) in [5.74, 6) is 0. The molecule has 2 N–H and O–H groups in total. The van der Waals surface area contributed by atoms with E-state index in [1.807, 2.05) is 22.9 Å². The number of carbonyl (C=O) groups is 1. The van der Waals surface area contributed by atoms with E-state index in [9.17, 15) is 4.79 Å². The van der Waals surface area contributed by atoms with Crippen molar-refractivity contribution in [3.8, 4) is 0 Å². The first-order valence-corrected chi connectivity index (χ1v) is 3.07. The summed E-state index contributed by atoms with van der Waals surface area (Å²) in [5.41, 5.74) is 0. The van der Waals surface area contributed by atoms with Gasteiger partial charge in [-0.2, -0.15) is 0 Å². The minimum atomic E-state index is 0.153. The van der Waals surface area contributed by atoms with Crippen LogP contribution in [0.4, 0.5) is 4.79 Å². The molecule has 0 aliphatic carbocycles. The van der Waals surface area contributed by atoms with E-state index in [1.165, 1.54) is 0 Å². The third kappa shape index (κ3) is 1.03. The van der Waals surface area contributed by atoms with E-state index in [2.05, 4.69) is 0 Å². The van der Waals surface area contributed by atoms with Gasteiger partial charge in [-0.3, -0.25) is 5.32 Å². The van der Waals surface area contributed by atoms with Crippen LogP contribution in [0.3, 0.4) is 0 Å². The van der Waals surface area contributed by atoms with E-state index >= 15 is 0 Å². The fourth-order valence-corrected chi connectivity index (χ4v) is 0.986. The number of urea groups is 1. The Kier molecular flexibility index (Phi) is 1.48. The van der Waals surface area contributed by atoms with Crippen LogP contribution in [-0.4, -0.2) is 22.2 Å². The third-order valence-electron chi connectivity index (χ3n) is 0.884. The SMILES string of the molecule is O=C1[NH2+]CCN1I. The maximum atomic E-state index is 10.4. The summed E-state index contributed by atoms with van der Waals surface area (Å²) < 4.78 is 1.68. The van der Waals surface area contributed by atoms with E-state index in [1.54, 1.807) is 8.43 Å². The molecule has 0 unspecified atom stereocenters. The van der Waals surface area contributed by atoms with Crippen LogP contribution in [0.25, 0.3) is 0 Å². The number of hydrogen-bond acceptors (Lipinski definition) is 1. The number of hydrogen-bond donors (Lipinski definition) is 1. The molecule has 1 aliphatic rings. The standard InChI is InChI=1S/C3H5IN2O/c4-6-2-1-5-3(6)7/h1-2H2,(H,5,7)/p+1. The van der Waals surface area contributed by atoms with Gasteiger partial charge in [0.2, 0.25) is 0 Å². The highest BCUT2D eigenvalue weighted by molar-refractivity contribution is 14.1. The van der Waals surface area contributed by atoms with Gasteiger partial charge in [-0.25, -0.2) is 7.91 Å². The Morgan fingerprint density at radius 3 is 2.71 bits per heavy atom. The van der Waals surface area contributed by atoms with Gasteiger partial charge in [-0.1, -0.05) is 0 Å². The second kappa shape index (κ2) is 1.95. The van der Waals surface area contributed by atoms with Crippen LogP contribution in [0.15, 0.2) is 0 Å². The second-order valence-electron chi connectivity index (χ2n) is 1.42. The number of nitrogens with two attached hydrogens (primary N) is 1. The third-order valence-corrected chi connectivity index (χ3v) is 1.84. The minimum absolute atomic E-state index is 0.153. The molecule has 1 rings (SSSR count). The lowest BCUT2D eigenvalue weighted by molar-refractivity contribution is -0.539. The average molecular weight is 213 g/mol. The number of primary amides is 1. The van der Waals surface area contributed by atoms with E-state index in [-0.39, 0.29) is 6.03 Å². The molecule has 3 nitrogen and oxygen atoms in total. The predicted octanol–water partition coefficient (Wildman–Crippen LogP) is -0.665. The van der Waals surface area contributed by atoms with Crippen molar-refractivity contribution in [2.45, 2.75) is 0 Å². The van der Waals surface area contributed by atoms with Gasteiger partial charge in [0.15, 0.2) is 0 Å². The van der Waals surface area contributed by atoms with Gasteiger partial charge in [-0.05, 0) is 0 Å². The molecular formula is C3H6IN2O+. The first-order chi connectivity index (χ1) is 3.30. The quantitative estimate of drug-likeness (QED) is 0.420. The van der Waals surface area contributed by atoms with Crippen molar-refractivity contribution in [3.63, 3.8) is 0 Å². The van der Waals surface area contributed by atoms with Gasteiger partial charge in [0.25, 0.3) is 0 Å². The predicted molar refractivity (Wildman–Crippen MR) is 32.9 cm³/mol. The first kappa shape index (κ1) is 5.30. The molecule has 0 aromatic heterocycles. The molecule has 1 saturated heterocycles. The molecule has 0 atom stereocenters. The topological polar surface area (TPSA) is 36.9 Å². The lowest BCUT2D eigenvalue weighted by Gasteiger charge is -1.92. The van der Waals surface area contributed by atoms with Gasteiger partial charge in [0, 0.05) is 0 Å². The zero-order valence-corrected chi connectivity index (χ0v) is 5.88. The minimum Gasteiger partial charge on any atom is -0.261 e. The average Bonchev–Trinajstić information content (AvgIpc) is 1.91. The Bertz CT molecular complexity index is 94.9. The summed E-state index contributed by atoms with van der Waals surface area (Å²) in [6, 6.07) is 0.153. The number of carbonyl (C=O) groups excluding carboxylic acids is 1. The molecule has 2 amide bonds. The number of rotatable bonds is 0. The van der Waals surface area contributed by atoms with Crippen LogP contribution in [0.2, 0.25) is 0 Å². The highest BCUT2D eigenvalue weighted by Crippen LogP contribution is 1.96. The van der Waals surface area contributed by atoms with Crippen molar-refractivity contribution in [2.24, 2.45) is 0 Å². The molecule has 40 valence electrons. The van der Waals surface area contributed by atoms with Gasteiger partial charge < -0.3 is 0 Å². The zero-order chi connectivity index (χ0) is 5.28. The maximum Gasteiger partial charge on any atom is 0.424 e. The van der Waals surface area contributed by atoms with Crippen molar-refractivity contribution >= 4 is 28.9 Å². The largest absolute Gasteiger partial charge is 0.424 e. The normalized spacial score (nSPS) is 21.3. The monoisotopic (exact) mass is 213 g/mol. The van der Waals surface area contributed by atoms with Crippen LogP contribution in [-0.2, 0) is 0 Å². The summed E-state index contributed by atoms with van der Waals surface area (Å²) in [6.45, 7) is 1.81. The van der Waals surface area contributed by atoms with E-state index < -0.39 is 0 Å². The molecule has 1 fully saturated rings. The molecule has 7 heavy (non-hydrogen) atoms. The van der Waals surface area contributed by atoms with Crippen molar-refractivity contribution in [1.29, 1.82) is 0 Å². The second-order valence-corrected chi connectivity index (χ2v) is 2.58. The Labute approximate surface area is 55.6 Å². The van der Waals surface area contributed by atoms with Gasteiger partial charge >= 0.3 is 6.03 Å². The zero-order valence-electron chi connectivity index (χ0n) is 3.72. The number of halogens is 1. The van der Waals surface area contributed by atoms with E-state index in [4.69, 9.17) is 0 Å². The van der Waals surface area contributed by atoms with Crippen molar-refractivity contribution in [3.05, 3.63) is 0 Å². The van der Waals surface area contributed by atoms with Crippen LogP contribution < -0.4 is 5.32 Å². The molecule has 0 aromatic carbocycles. The number of amides is 2. The van der Waals surface area contributed by atoms with Crippen molar-refractivity contribution < 1.29 is 10.1 Å². The Hall–Kier alpha value is 0.160. The summed E-state index contributed by atoms with van der Waals surface area (Å²) in [5, 5.41) is 1.70. The Morgan fingerprint density at radius 1 is 1.86 bits per heavy atom. The fourth-order valence-electron chi connectivity index (χ4n) is 0.511. The van der Waals surface area contributed by atoms with Gasteiger partial charge in [-0.15, -0.1) is 0 Å². The number of nitrogens with zero attached hydrogens (tertiary/aromatic N) is 1. The highest BCUT2D eigenvalue weighted by atomic mass is 127. The first-order valence-electron chi connectivity index (χ1n) is 2.11. The molecular weight excluding hydrogens is 207 g/mol. The van der Waals surface area contributed by atoms with Crippen molar-refractivity contribution in [2.75, 3.05) is 13.1 Å². The van der Waals surface area contributed by atoms with Crippen LogP contribution in [0.5, 0.6) is 0 Å². The van der Waals surface area contributed by atoms with Crippen molar-refractivity contribution in [1.82, 2.24) is 3.11 Å². The highest BCUT2D eigenvalue weighted by Gasteiger charge is 2.20. The summed E-state index contributed by atoms with van der Waals surface area (Å²) in [7, 11) is 0. The van der Waals surface area contributed by atoms with Crippen LogP contribution >= 0.6 is 22.9 Å². The molecule has 1 heterocycles. The Balaban J connectivity index is 2.48. The molecule has 4 heteroatoms. The van der Waals surface area contributed by atoms with E-state index in [0.717, 1.165) is 13.1 Å². The van der Waals surface area contributed by atoms with E-state index in [0.29, 0.717) is 0 Å². The summed E-state index contributed by atoms with van der Waals surface area (Å²) in [4.78, 5) is 10.4. The van der Waals surface area contributed by atoms with Gasteiger partial charge in [0.1, 0.15) is 6.54 Å². The summed E-state index contributed by atoms with van der Waals surface area (Å²) >= 11 is 2.01. The van der Waals surface area contributed by atoms with Crippen LogP contribution in [0.1, 0.15) is 0 Å². The lowest BCUT2D eigenvalue weighted by Crippen LogP contribution is -2.85. The van der Waals surface area contributed by atoms with Gasteiger partial charge in [0.05, 0.1) is 29.4 Å². The molecule has 1 aliphatic heterocycles. The maximum absolute atomic E-state index is 10.4. The fraction of sp³-hybridized carbons (Fsp3) is 0.667. The molecule has 0 aromatic rings. The van der Waals surface area contributed by atoms with Crippen LogP contribution in [0, 0.1) is 0 Å². The lowest BCUT2D eigenvalue weighted by atomic mass is 10.7. The molecule has 0 spiro atoms. The number of quaternary nitrogens is 1. The molecule has 0 saturated carbocycles. The summed E-state index contributed by atoms with van der Waals surface area (Å²) in [6.07, 6.45) is 0. The smallest absolute Gasteiger partial charge is 0.261 e. The Morgan fingerprint density at radius 2 is 2.57 bits per heavy atom. The molecule has 0 radical (unpaired) electrons.